The molecule has 25 heavy (non-hydrogen) atoms. The zero-order valence-electron chi connectivity index (χ0n) is 14.5. The molecule has 0 fully saturated rings. The minimum absolute atomic E-state index is 0.256. The van der Waals surface area contributed by atoms with Crippen molar-refractivity contribution in [3.8, 4) is 0 Å². The Morgan fingerprint density at radius 1 is 1.48 bits per heavy atom. The monoisotopic (exact) mass is 337 g/mol. The maximum Gasteiger partial charge on any atom is 0.222 e. The van der Waals surface area contributed by atoms with Crippen molar-refractivity contribution in [3.05, 3.63) is 41.5 Å². The third kappa shape index (κ3) is 4.12. The van der Waals surface area contributed by atoms with E-state index in [1.807, 2.05) is 25.5 Å². The number of allylic oxidation sites excluding steroid dienone is 1. The number of fused-ring (bicyclic) bond motifs is 1. The summed E-state index contributed by atoms with van der Waals surface area (Å²) in [7, 11) is 0. The van der Waals surface area contributed by atoms with Crippen molar-refractivity contribution in [1.82, 2.24) is 20.6 Å². The average Bonchev–Trinajstić information content (AvgIpc) is 3.02. The number of hydrogen-bond acceptors (Lipinski definition) is 6. The molecule has 0 saturated carbocycles. The van der Waals surface area contributed by atoms with E-state index in [1.54, 1.807) is 6.20 Å². The lowest BCUT2D eigenvalue weighted by Crippen LogP contribution is -2.28. The molecule has 7 nitrogen and oxygen atoms in total. The number of nitrogens with zero attached hydrogens (tertiary/aromatic N) is 3. The molecule has 1 unspecified atom stereocenters. The second-order valence-electron chi connectivity index (χ2n) is 6.06. The van der Waals surface area contributed by atoms with Gasteiger partial charge in [-0.1, -0.05) is 0 Å². The summed E-state index contributed by atoms with van der Waals surface area (Å²) >= 11 is 0. The first-order valence-electron chi connectivity index (χ1n) is 8.42. The zero-order chi connectivity index (χ0) is 17.6. The highest BCUT2D eigenvalue weighted by atomic mass is 15.1. The van der Waals surface area contributed by atoms with Crippen LogP contribution in [0.15, 0.2) is 40.3 Å². The van der Waals surface area contributed by atoms with Crippen molar-refractivity contribution >= 4 is 29.4 Å². The summed E-state index contributed by atoms with van der Waals surface area (Å²) in [6, 6.07) is 2.16. The summed E-state index contributed by atoms with van der Waals surface area (Å²) in [5, 5.41) is 14.7. The van der Waals surface area contributed by atoms with Crippen LogP contribution in [0, 0.1) is 18.3 Å². The van der Waals surface area contributed by atoms with Crippen LogP contribution in [0.1, 0.15) is 18.1 Å². The Balaban J connectivity index is 1.64. The Hall–Kier alpha value is -2.96. The Morgan fingerprint density at radius 3 is 3.08 bits per heavy atom. The number of guanidine groups is 1. The molecule has 3 rings (SSSR count). The molecule has 0 saturated heterocycles. The highest BCUT2D eigenvalue weighted by Crippen LogP contribution is 2.21. The van der Waals surface area contributed by atoms with Gasteiger partial charge in [0.05, 0.1) is 12.2 Å². The minimum atomic E-state index is 0.256. The number of hydrogen-bond donors (Lipinski definition) is 4. The van der Waals surface area contributed by atoms with Crippen LogP contribution in [0.3, 0.4) is 0 Å². The first-order valence-corrected chi connectivity index (χ1v) is 8.42. The predicted molar refractivity (Wildman–Crippen MR) is 102 cm³/mol. The van der Waals surface area contributed by atoms with Gasteiger partial charge in [0.2, 0.25) is 5.96 Å². The lowest BCUT2D eigenvalue weighted by atomic mass is 10.00. The van der Waals surface area contributed by atoms with Gasteiger partial charge in [0.1, 0.15) is 5.65 Å². The van der Waals surface area contributed by atoms with Crippen molar-refractivity contribution in [2.24, 2.45) is 15.9 Å². The molecule has 0 spiro atoms. The fourth-order valence-corrected chi connectivity index (χ4v) is 2.73. The second-order valence-corrected chi connectivity index (χ2v) is 6.06. The van der Waals surface area contributed by atoms with E-state index in [4.69, 9.17) is 5.41 Å². The molecule has 0 bridgehead atoms. The zero-order valence-corrected chi connectivity index (χ0v) is 14.5. The van der Waals surface area contributed by atoms with E-state index in [0.717, 1.165) is 24.2 Å². The Labute approximate surface area is 146 Å². The van der Waals surface area contributed by atoms with Crippen molar-refractivity contribution in [3.63, 3.8) is 0 Å². The van der Waals surface area contributed by atoms with Crippen molar-refractivity contribution in [2.75, 3.05) is 13.1 Å². The molecule has 1 aliphatic heterocycles. The smallest absolute Gasteiger partial charge is 0.222 e. The molecule has 0 amide bonds. The van der Waals surface area contributed by atoms with Gasteiger partial charge in [0.25, 0.3) is 0 Å². The summed E-state index contributed by atoms with van der Waals surface area (Å²) in [6.07, 6.45) is 9.69. The standard InChI is InChI=1S/C18H23N7/c1-3-20-11-15(6-19)25-18-23-8-13(9-24-18)5-14-10-22-17-16(14)4-12(2)7-21-17/h4,6-8,10-11,13,19-20H,3,5,9H2,1-2H3,(H,21,22)(H,24,25)/b15-11+,19-6?. The topological polar surface area (TPSA) is 101 Å². The van der Waals surface area contributed by atoms with Crippen molar-refractivity contribution in [1.29, 1.82) is 5.41 Å². The normalized spacial score (nSPS) is 17.4. The Morgan fingerprint density at radius 2 is 2.36 bits per heavy atom. The third-order valence-electron chi connectivity index (χ3n) is 3.99. The van der Waals surface area contributed by atoms with Gasteiger partial charge in [0, 0.05) is 48.9 Å². The average molecular weight is 337 g/mol. The SMILES string of the molecule is CCN/C=C(\C=N)NC1=NCC(Cc2c[nH]c3ncc(C)cc23)C=N1. The van der Waals surface area contributed by atoms with Crippen LogP contribution < -0.4 is 10.6 Å². The fraction of sp³-hybridized carbons (Fsp3) is 0.333. The van der Waals surface area contributed by atoms with Crippen LogP contribution in [0.2, 0.25) is 0 Å². The first-order chi connectivity index (χ1) is 12.2. The van der Waals surface area contributed by atoms with E-state index >= 15 is 0 Å². The number of H-pyrrole nitrogens is 1. The number of aromatic nitrogens is 2. The number of aryl methyl sites for hydroxylation is 1. The van der Waals surface area contributed by atoms with Crippen molar-refractivity contribution in [2.45, 2.75) is 20.3 Å². The molecule has 0 radical (unpaired) electrons. The van der Waals surface area contributed by atoms with Crippen LogP contribution >= 0.6 is 0 Å². The molecular weight excluding hydrogens is 314 g/mol. The lowest BCUT2D eigenvalue weighted by molar-refractivity contribution is 0.703. The lowest BCUT2D eigenvalue weighted by Gasteiger charge is -2.15. The predicted octanol–water partition coefficient (Wildman–Crippen LogP) is 2.16. The summed E-state index contributed by atoms with van der Waals surface area (Å²) in [5.74, 6) is 0.798. The molecule has 1 aliphatic rings. The molecule has 0 aliphatic carbocycles. The molecular formula is C18H23N7. The van der Waals surface area contributed by atoms with E-state index in [1.165, 1.54) is 17.2 Å². The number of aliphatic imine (C=N–C) groups is 2. The second kappa shape index (κ2) is 7.74. The molecule has 7 heteroatoms. The first kappa shape index (κ1) is 16.9. The molecule has 4 N–H and O–H groups in total. The number of rotatable bonds is 6. The van der Waals surface area contributed by atoms with Crippen LogP contribution in [0.5, 0.6) is 0 Å². The minimum Gasteiger partial charge on any atom is -0.389 e. The number of aromatic amines is 1. The number of pyridine rings is 1. The largest absolute Gasteiger partial charge is 0.389 e. The highest BCUT2D eigenvalue weighted by molar-refractivity contribution is 5.94. The third-order valence-corrected chi connectivity index (χ3v) is 3.99. The molecule has 1 atom stereocenters. The van der Waals surface area contributed by atoms with Gasteiger partial charge in [-0.3, -0.25) is 4.99 Å². The van der Waals surface area contributed by atoms with Gasteiger partial charge in [0.15, 0.2) is 0 Å². The summed E-state index contributed by atoms with van der Waals surface area (Å²) in [5.41, 5.74) is 3.95. The molecule has 0 aromatic carbocycles. The molecule has 2 aromatic heterocycles. The van der Waals surface area contributed by atoms with Crippen LogP contribution in [0.4, 0.5) is 0 Å². The maximum atomic E-state index is 7.41. The quantitative estimate of drug-likeness (QED) is 0.608. The van der Waals surface area contributed by atoms with E-state index in [9.17, 15) is 0 Å². The number of nitrogens with one attached hydrogen (secondary N) is 4. The van der Waals surface area contributed by atoms with Crippen molar-refractivity contribution < 1.29 is 0 Å². The Bertz CT molecular complexity index is 844. The van der Waals surface area contributed by atoms with Gasteiger partial charge >= 0.3 is 0 Å². The fourth-order valence-electron chi connectivity index (χ4n) is 2.73. The van der Waals surface area contributed by atoms with Gasteiger partial charge in [-0.2, -0.15) is 0 Å². The van der Waals surface area contributed by atoms with Crippen LogP contribution in [0.25, 0.3) is 11.0 Å². The van der Waals surface area contributed by atoms with E-state index in [-0.39, 0.29) is 5.92 Å². The molecule has 3 heterocycles. The van der Waals surface area contributed by atoms with E-state index in [0.29, 0.717) is 18.2 Å². The van der Waals surface area contributed by atoms with Crippen LogP contribution in [-0.4, -0.2) is 41.4 Å². The molecule has 130 valence electrons. The van der Waals surface area contributed by atoms with E-state index in [2.05, 4.69) is 43.6 Å². The summed E-state index contributed by atoms with van der Waals surface area (Å²) in [4.78, 5) is 16.5. The summed E-state index contributed by atoms with van der Waals surface area (Å²) < 4.78 is 0. The summed E-state index contributed by atoms with van der Waals surface area (Å²) in [6.45, 7) is 5.52. The highest BCUT2D eigenvalue weighted by Gasteiger charge is 2.15. The van der Waals surface area contributed by atoms with Gasteiger partial charge < -0.3 is 21.0 Å². The van der Waals surface area contributed by atoms with Gasteiger partial charge in [-0.05, 0) is 37.5 Å². The molecule has 2 aromatic rings. The van der Waals surface area contributed by atoms with Gasteiger partial charge in [-0.25, -0.2) is 9.98 Å². The van der Waals surface area contributed by atoms with Gasteiger partial charge in [-0.15, -0.1) is 0 Å². The van der Waals surface area contributed by atoms with E-state index < -0.39 is 0 Å². The Kier molecular flexibility index (Phi) is 5.23. The van der Waals surface area contributed by atoms with Crippen LogP contribution in [-0.2, 0) is 6.42 Å². The maximum absolute atomic E-state index is 7.41.